The van der Waals surface area contributed by atoms with Crippen molar-refractivity contribution < 1.29 is 0 Å². The van der Waals surface area contributed by atoms with Crippen molar-refractivity contribution in [3.05, 3.63) is 47.7 Å². The van der Waals surface area contributed by atoms with E-state index < -0.39 is 0 Å². The summed E-state index contributed by atoms with van der Waals surface area (Å²) in [5, 5.41) is 7.70. The monoisotopic (exact) mass is 215 g/mol. The molecule has 1 aromatic carbocycles. The Hall–Kier alpha value is -1.77. The van der Waals surface area contributed by atoms with E-state index in [4.69, 9.17) is 0 Å². The minimum absolute atomic E-state index is 0.274. The predicted octanol–water partition coefficient (Wildman–Crippen LogP) is 2.90. The lowest BCUT2D eigenvalue weighted by Crippen LogP contribution is -2.08. The van der Waals surface area contributed by atoms with Crippen molar-refractivity contribution in [2.24, 2.45) is 7.05 Å². The van der Waals surface area contributed by atoms with Crippen LogP contribution < -0.4 is 5.32 Å². The molecule has 2 rings (SSSR count). The van der Waals surface area contributed by atoms with Crippen molar-refractivity contribution in [2.45, 2.75) is 19.9 Å². The molecule has 0 saturated heterocycles. The summed E-state index contributed by atoms with van der Waals surface area (Å²) in [5.41, 5.74) is 2.62. The second-order valence-corrected chi connectivity index (χ2v) is 4.10. The summed E-state index contributed by atoms with van der Waals surface area (Å²) in [6.07, 6.45) is 1.94. The number of benzene rings is 1. The summed E-state index contributed by atoms with van der Waals surface area (Å²) in [5.74, 6) is 0.915. The molecule has 1 N–H and O–H groups in total. The van der Waals surface area contributed by atoms with E-state index in [0.717, 1.165) is 5.82 Å². The molecule has 1 unspecified atom stereocenters. The van der Waals surface area contributed by atoms with Crippen LogP contribution in [0.5, 0.6) is 0 Å². The van der Waals surface area contributed by atoms with Gasteiger partial charge in [-0.3, -0.25) is 4.68 Å². The molecule has 2 aromatic rings. The number of hydrogen-bond acceptors (Lipinski definition) is 2. The van der Waals surface area contributed by atoms with E-state index in [0.29, 0.717) is 0 Å². The van der Waals surface area contributed by atoms with E-state index >= 15 is 0 Å². The second-order valence-electron chi connectivity index (χ2n) is 4.10. The van der Waals surface area contributed by atoms with Crippen LogP contribution in [-0.2, 0) is 7.05 Å². The first kappa shape index (κ1) is 10.7. The Morgan fingerprint density at radius 2 is 2.00 bits per heavy atom. The van der Waals surface area contributed by atoms with Crippen molar-refractivity contribution in [3.8, 4) is 0 Å². The van der Waals surface area contributed by atoms with E-state index in [1.807, 2.05) is 19.3 Å². The number of nitrogens with one attached hydrogen (secondary N) is 1. The number of nitrogens with zero attached hydrogens (tertiary/aromatic N) is 2. The molecular formula is C13H17N3. The maximum atomic E-state index is 4.31. The molecule has 3 heteroatoms. The Kier molecular flexibility index (Phi) is 2.95. The molecule has 0 aliphatic rings. The third kappa shape index (κ3) is 2.24. The van der Waals surface area contributed by atoms with E-state index in [9.17, 15) is 0 Å². The number of aromatic nitrogens is 2. The van der Waals surface area contributed by atoms with Gasteiger partial charge in [0.1, 0.15) is 5.82 Å². The Labute approximate surface area is 96.1 Å². The summed E-state index contributed by atoms with van der Waals surface area (Å²) in [4.78, 5) is 0. The molecule has 1 heterocycles. The zero-order chi connectivity index (χ0) is 11.5. The number of rotatable bonds is 3. The quantitative estimate of drug-likeness (QED) is 0.853. The highest BCUT2D eigenvalue weighted by molar-refractivity contribution is 5.39. The smallest absolute Gasteiger partial charge is 0.148 e. The molecule has 0 bridgehead atoms. The molecule has 0 spiro atoms. The molecule has 1 atom stereocenters. The van der Waals surface area contributed by atoms with Gasteiger partial charge in [0, 0.05) is 19.3 Å². The second kappa shape index (κ2) is 4.39. The van der Waals surface area contributed by atoms with Crippen LogP contribution >= 0.6 is 0 Å². The molecule has 16 heavy (non-hydrogen) atoms. The summed E-state index contributed by atoms with van der Waals surface area (Å²) < 4.78 is 1.80. The van der Waals surface area contributed by atoms with Gasteiger partial charge in [-0.1, -0.05) is 24.3 Å². The number of anilines is 1. The zero-order valence-electron chi connectivity index (χ0n) is 9.94. The minimum Gasteiger partial charge on any atom is -0.362 e. The standard InChI is InChI=1S/C13H17N3/c1-10-6-4-5-7-12(10)11(2)14-13-8-9-16(3)15-13/h4-9,11H,1-3H3,(H,14,15). The normalized spacial score (nSPS) is 12.4. The summed E-state index contributed by atoms with van der Waals surface area (Å²) in [6.45, 7) is 4.28. The van der Waals surface area contributed by atoms with Crippen LogP contribution in [0.3, 0.4) is 0 Å². The highest BCUT2D eigenvalue weighted by Gasteiger charge is 2.08. The Morgan fingerprint density at radius 1 is 1.25 bits per heavy atom. The maximum absolute atomic E-state index is 4.31. The topological polar surface area (TPSA) is 29.9 Å². The maximum Gasteiger partial charge on any atom is 0.148 e. The molecular weight excluding hydrogens is 198 g/mol. The van der Waals surface area contributed by atoms with E-state index in [2.05, 4.69) is 48.5 Å². The lowest BCUT2D eigenvalue weighted by Gasteiger charge is -2.15. The van der Waals surface area contributed by atoms with Gasteiger partial charge in [0.25, 0.3) is 0 Å². The van der Waals surface area contributed by atoms with Gasteiger partial charge in [-0.05, 0) is 25.0 Å². The number of hydrogen-bond donors (Lipinski definition) is 1. The van der Waals surface area contributed by atoms with Gasteiger partial charge in [-0.2, -0.15) is 5.10 Å². The van der Waals surface area contributed by atoms with Gasteiger partial charge in [-0.25, -0.2) is 0 Å². The van der Waals surface area contributed by atoms with Crippen molar-refractivity contribution in [3.63, 3.8) is 0 Å². The van der Waals surface area contributed by atoms with Crippen molar-refractivity contribution >= 4 is 5.82 Å². The highest BCUT2D eigenvalue weighted by Crippen LogP contribution is 2.20. The SMILES string of the molecule is Cc1ccccc1C(C)Nc1ccn(C)n1. The summed E-state index contributed by atoms with van der Waals surface area (Å²) in [7, 11) is 1.92. The van der Waals surface area contributed by atoms with Crippen LogP contribution in [0, 0.1) is 6.92 Å². The first-order valence-corrected chi connectivity index (χ1v) is 5.48. The van der Waals surface area contributed by atoms with Crippen LogP contribution in [0.1, 0.15) is 24.1 Å². The van der Waals surface area contributed by atoms with Crippen LogP contribution in [0.25, 0.3) is 0 Å². The molecule has 1 aromatic heterocycles. The van der Waals surface area contributed by atoms with Gasteiger partial charge < -0.3 is 5.32 Å². The van der Waals surface area contributed by atoms with Crippen molar-refractivity contribution in [2.75, 3.05) is 5.32 Å². The minimum atomic E-state index is 0.274. The first-order valence-electron chi connectivity index (χ1n) is 5.48. The van der Waals surface area contributed by atoms with E-state index in [1.165, 1.54) is 11.1 Å². The average Bonchev–Trinajstić information content (AvgIpc) is 2.64. The third-order valence-corrected chi connectivity index (χ3v) is 2.73. The summed E-state index contributed by atoms with van der Waals surface area (Å²) >= 11 is 0. The van der Waals surface area contributed by atoms with Crippen LogP contribution in [0.2, 0.25) is 0 Å². The average molecular weight is 215 g/mol. The lowest BCUT2D eigenvalue weighted by molar-refractivity contribution is 0.759. The molecule has 3 nitrogen and oxygen atoms in total. The van der Waals surface area contributed by atoms with E-state index in [-0.39, 0.29) is 6.04 Å². The molecule has 0 fully saturated rings. The van der Waals surface area contributed by atoms with Crippen LogP contribution in [-0.4, -0.2) is 9.78 Å². The fraction of sp³-hybridized carbons (Fsp3) is 0.308. The van der Waals surface area contributed by atoms with Gasteiger partial charge >= 0.3 is 0 Å². The Bertz CT molecular complexity index is 474. The Morgan fingerprint density at radius 3 is 2.62 bits per heavy atom. The van der Waals surface area contributed by atoms with Gasteiger partial charge in [0.05, 0.1) is 6.04 Å². The summed E-state index contributed by atoms with van der Waals surface area (Å²) in [6, 6.07) is 10.7. The largest absolute Gasteiger partial charge is 0.362 e. The fourth-order valence-electron chi connectivity index (χ4n) is 1.86. The highest BCUT2D eigenvalue weighted by atomic mass is 15.3. The third-order valence-electron chi connectivity index (χ3n) is 2.73. The molecule has 0 radical (unpaired) electrons. The van der Waals surface area contributed by atoms with Gasteiger partial charge in [0.2, 0.25) is 0 Å². The van der Waals surface area contributed by atoms with Gasteiger partial charge in [0.15, 0.2) is 0 Å². The molecule has 0 saturated carbocycles. The molecule has 84 valence electrons. The zero-order valence-corrected chi connectivity index (χ0v) is 9.94. The molecule has 0 aliphatic heterocycles. The number of aryl methyl sites for hydroxylation is 2. The Balaban J connectivity index is 2.14. The van der Waals surface area contributed by atoms with Crippen molar-refractivity contribution in [1.29, 1.82) is 0 Å². The fourth-order valence-corrected chi connectivity index (χ4v) is 1.86. The lowest BCUT2D eigenvalue weighted by atomic mass is 10.0. The first-order chi connectivity index (χ1) is 7.66. The van der Waals surface area contributed by atoms with Crippen molar-refractivity contribution in [1.82, 2.24) is 9.78 Å². The molecule has 0 amide bonds. The molecule has 0 aliphatic carbocycles. The van der Waals surface area contributed by atoms with Crippen LogP contribution in [0.15, 0.2) is 36.5 Å². The van der Waals surface area contributed by atoms with Crippen LogP contribution in [0.4, 0.5) is 5.82 Å². The van der Waals surface area contributed by atoms with Gasteiger partial charge in [-0.15, -0.1) is 0 Å². The predicted molar refractivity (Wildman–Crippen MR) is 66.4 cm³/mol. The van der Waals surface area contributed by atoms with E-state index in [1.54, 1.807) is 4.68 Å².